The van der Waals surface area contributed by atoms with Crippen molar-refractivity contribution in [2.24, 2.45) is 0 Å². The first-order chi connectivity index (χ1) is 15.6. The molecule has 0 aliphatic heterocycles. The Labute approximate surface area is 185 Å². The summed E-state index contributed by atoms with van der Waals surface area (Å²) >= 11 is 0. The first-order valence-corrected chi connectivity index (χ1v) is 11.1. The SMILES string of the molecule is O=C(OCC(=O)N(C1=CCCCC1)C1CC1)c1cccc2c1C(=O)c1ccccc1C2=O. The minimum Gasteiger partial charge on any atom is -0.452 e. The Kier molecular flexibility index (Phi) is 5.21. The third kappa shape index (κ3) is 3.55. The van der Waals surface area contributed by atoms with Crippen LogP contribution >= 0.6 is 0 Å². The van der Waals surface area contributed by atoms with Gasteiger partial charge in [-0.05, 0) is 44.6 Å². The maximum absolute atomic E-state index is 13.1. The van der Waals surface area contributed by atoms with Crippen LogP contribution in [0.25, 0.3) is 0 Å². The summed E-state index contributed by atoms with van der Waals surface area (Å²) in [7, 11) is 0. The number of ether oxygens (including phenoxy) is 1. The lowest BCUT2D eigenvalue weighted by Gasteiger charge is -2.27. The van der Waals surface area contributed by atoms with Crippen LogP contribution in [0.4, 0.5) is 0 Å². The predicted molar refractivity (Wildman–Crippen MR) is 116 cm³/mol. The molecule has 1 fully saturated rings. The largest absolute Gasteiger partial charge is 0.452 e. The molecule has 0 radical (unpaired) electrons. The topological polar surface area (TPSA) is 80.8 Å². The molecule has 1 saturated carbocycles. The molecule has 3 aliphatic rings. The summed E-state index contributed by atoms with van der Waals surface area (Å²) in [5.74, 6) is -1.71. The molecular formula is C26H23NO5. The van der Waals surface area contributed by atoms with Crippen LogP contribution in [0.3, 0.4) is 0 Å². The van der Waals surface area contributed by atoms with Crippen LogP contribution in [0, 0.1) is 0 Å². The smallest absolute Gasteiger partial charge is 0.339 e. The van der Waals surface area contributed by atoms with Gasteiger partial charge in [0.15, 0.2) is 18.2 Å². The molecule has 0 aromatic heterocycles. The quantitative estimate of drug-likeness (QED) is 0.571. The van der Waals surface area contributed by atoms with Crippen molar-refractivity contribution < 1.29 is 23.9 Å². The van der Waals surface area contributed by atoms with Gasteiger partial charge in [-0.15, -0.1) is 0 Å². The van der Waals surface area contributed by atoms with Crippen molar-refractivity contribution in [1.29, 1.82) is 0 Å². The Morgan fingerprint density at radius 2 is 1.62 bits per heavy atom. The van der Waals surface area contributed by atoms with E-state index in [-0.39, 0.29) is 45.8 Å². The minimum atomic E-state index is -0.774. The van der Waals surface area contributed by atoms with Crippen molar-refractivity contribution in [1.82, 2.24) is 4.90 Å². The Balaban J connectivity index is 1.37. The highest BCUT2D eigenvalue weighted by Gasteiger charge is 2.36. The van der Waals surface area contributed by atoms with Gasteiger partial charge >= 0.3 is 5.97 Å². The number of hydrogen-bond donors (Lipinski definition) is 0. The molecule has 5 rings (SSSR count). The number of nitrogens with zero attached hydrogens (tertiary/aromatic N) is 1. The van der Waals surface area contributed by atoms with E-state index >= 15 is 0 Å². The van der Waals surface area contributed by atoms with Gasteiger partial charge in [0.1, 0.15) is 0 Å². The fourth-order valence-corrected chi connectivity index (χ4v) is 4.56. The Morgan fingerprint density at radius 3 is 2.31 bits per heavy atom. The van der Waals surface area contributed by atoms with Gasteiger partial charge in [-0.2, -0.15) is 0 Å². The molecule has 3 aliphatic carbocycles. The number of benzene rings is 2. The van der Waals surface area contributed by atoms with E-state index in [4.69, 9.17) is 4.74 Å². The van der Waals surface area contributed by atoms with Crippen LogP contribution < -0.4 is 0 Å². The molecular weight excluding hydrogens is 406 g/mol. The van der Waals surface area contributed by atoms with Crippen molar-refractivity contribution >= 4 is 23.4 Å². The lowest BCUT2D eigenvalue weighted by atomic mass is 9.82. The third-order valence-corrected chi connectivity index (χ3v) is 6.26. The number of hydrogen-bond acceptors (Lipinski definition) is 5. The molecule has 0 saturated heterocycles. The second-order valence-electron chi connectivity index (χ2n) is 8.44. The number of fused-ring (bicyclic) bond motifs is 2. The van der Waals surface area contributed by atoms with E-state index in [9.17, 15) is 19.2 Å². The lowest BCUT2D eigenvalue weighted by molar-refractivity contribution is -0.133. The van der Waals surface area contributed by atoms with E-state index in [1.807, 2.05) is 0 Å². The fraction of sp³-hybridized carbons (Fsp3) is 0.308. The van der Waals surface area contributed by atoms with Crippen molar-refractivity contribution in [2.45, 2.75) is 44.6 Å². The second kappa shape index (κ2) is 8.19. The van der Waals surface area contributed by atoms with Gasteiger partial charge in [0.25, 0.3) is 5.91 Å². The molecule has 6 nitrogen and oxygen atoms in total. The third-order valence-electron chi connectivity index (χ3n) is 6.26. The molecule has 0 heterocycles. The van der Waals surface area contributed by atoms with Crippen molar-refractivity contribution in [2.75, 3.05) is 6.61 Å². The van der Waals surface area contributed by atoms with Crippen molar-refractivity contribution in [3.8, 4) is 0 Å². The highest BCUT2D eigenvalue weighted by molar-refractivity contribution is 6.30. The summed E-state index contributed by atoms with van der Waals surface area (Å²) in [6.45, 7) is -0.394. The van der Waals surface area contributed by atoms with Gasteiger partial charge in [0, 0.05) is 34.0 Å². The van der Waals surface area contributed by atoms with E-state index in [0.29, 0.717) is 5.56 Å². The number of carbonyl (C=O) groups excluding carboxylic acids is 4. The minimum absolute atomic E-state index is 0.0120. The maximum Gasteiger partial charge on any atom is 0.339 e. The van der Waals surface area contributed by atoms with Crippen molar-refractivity contribution in [3.63, 3.8) is 0 Å². The molecule has 2 aromatic rings. The molecule has 162 valence electrons. The van der Waals surface area contributed by atoms with E-state index in [1.54, 1.807) is 35.2 Å². The van der Waals surface area contributed by atoms with Crippen LogP contribution in [-0.2, 0) is 9.53 Å². The summed E-state index contributed by atoms with van der Waals surface area (Å²) in [6, 6.07) is 11.3. The normalized spacial score (nSPS) is 17.2. The number of ketones is 2. The highest BCUT2D eigenvalue weighted by Crippen LogP contribution is 2.34. The van der Waals surface area contributed by atoms with Gasteiger partial charge in [-0.3, -0.25) is 14.4 Å². The zero-order valence-corrected chi connectivity index (χ0v) is 17.6. The van der Waals surface area contributed by atoms with Crippen molar-refractivity contribution in [3.05, 3.63) is 82.1 Å². The van der Waals surface area contributed by atoms with Gasteiger partial charge in [-0.25, -0.2) is 4.79 Å². The standard InChI is InChI=1S/C26H23NO5/c28-22(27(17-13-14-17)16-7-2-1-3-8-16)15-32-26(31)21-12-6-11-20-23(21)25(30)19-10-5-4-9-18(19)24(20)29/h4-7,9-12,17H,1-3,8,13-15H2. The Hall–Kier alpha value is -3.54. The Bertz CT molecular complexity index is 1170. The molecule has 1 amide bonds. The fourth-order valence-electron chi connectivity index (χ4n) is 4.56. The molecule has 6 heteroatoms. The number of esters is 1. The van der Waals surface area contributed by atoms with Crippen LogP contribution in [0.1, 0.15) is 80.7 Å². The van der Waals surface area contributed by atoms with E-state index in [1.165, 1.54) is 12.1 Å². The Morgan fingerprint density at radius 1 is 0.906 bits per heavy atom. The number of amides is 1. The molecule has 0 unspecified atom stereocenters. The van der Waals surface area contributed by atoms with E-state index in [0.717, 1.165) is 44.2 Å². The molecule has 0 spiro atoms. The first-order valence-electron chi connectivity index (χ1n) is 11.1. The summed E-state index contributed by atoms with van der Waals surface area (Å²) in [4.78, 5) is 53.6. The predicted octanol–water partition coefficient (Wildman–Crippen LogP) is 4.07. The average molecular weight is 429 g/mol. The number of allylic oxidation sites excluding steroid dienone is 2. The van der Waals surface area contributed by atoms with Crippen LogP contribution in [0.15, 0.2) is 54.2 Å². The lowest BCUT2D eigenvalue weighted by Crippen LogP contribution is -2.36. The summed E-state index contributed by atoms with van der Waals surface area (Å²) in [6.07, 6.45) is 8.02. The maximum atomic E-state index is 13.1. The van der Waals surface area contributed by atoms with Crippen LogP contribution in [0.2, 0.25) is 0 Å². The summed E-state index contributed by atoms with van der Waals surface area (Å²) in [5.41, 5.74) is 1.86. The average Bonchev–Trinajstić information content (AvgIpc) is 3.66. The number of carbonyl (C=O) groups is 4. The van der Waals surface area contributed by atoms with Gasteiger partial charge < -0.3 is 9.64 Å². The summed E-state index contributed by atoms with van der Waals surface area (Å²) in [5, 5.41) is 0. The molecule has 2 aromatic carbocycles. The zero-order chi connectivity index (χ0) is 22.2. The summed E-state index contributed by atoms with van der Waals surface area (Å²) < 4.78 is 5.36. The molecule has 0 atom stereocenters. The first kappa shape index (κ1) is 20.4. The highest BCUT2D eigenvalue weighted by atomic mass is 16.5. The second-order valence-corrected chi connectivity index (χ2v) is 8.44. The molecule has 0 N–H and O–H groups in total. The molecule has 0 bridgehead atoms. The zero-order valence-electron chi connectivity index (χ0n) is 17.6. The van der Waals surface area contributed by atoms with Crippen LogP contribution in [0.5, 0.6) is 0 Å². The van der Waals surface area contributed by atoms with Crippen LogP contribution in [-0.4, -0.2) is 41.0 Å². The number of rotatable bonds is 5. The van der Waals surface area contributed by atoms with E-state index < -0.39 is 12.6 Å². The van der Waals surface area contributed by atoms with Gasteiger partial charge in [0.2, 0.25) is 0 Å². The molecule has 32 heavy (non-hydrogen) atoms. The van der Waals surface area contributed by atoms with E-state index in [2.05, 4.69) is 6.08 Å². The van der Waals surface area contributed by atoms with Gasteiger partial charge in [-0.1, -0.05) is 42.5 Å². The monoisotopic (exact) mass is 429 g/mol. The van der Waals surface area contributed by atoms with Gasteiger partial charge in [0.05, 0.1) is 5.56 Å².